The molecule has 0 atom stereocenters. The van der Waals surface area contributed by atoms with Crippen LogP contribution in [-0.2, 0) is 19.3 Å². The summed E-state index contributed by atoms with van der Waals surface area (Å²) in [5.74, 6) is -0.0502. The van der Waals surface area contributed by atoms with Crippen LogP contribution in [0, 0.1) is 0 Å². The lowest BCUT2D eigenvalue weighted by atomic mass is 10.3. The molecule has 3 heterocycles. The number of anilines is 3. The van der Waals surface area contributed by atoms with Crippen molar-refractivity contribution in [2.75, 3.05) is 24.2 Å². The average molecular weight is 353 g/mol. The van der Waals surface area contributed by atoms with Crippen LogP contribution >= 0.6 is 0 Å². The first-order valence-corrected chi connectivity index (χ1v) is 8.11. The maximum Gasteiger partial charge on any atom is 0.421 e. The Kier molecular flexibility index (Phi) is 3.78. The SMILES string of the molecule is CN1CCn2ncc(Nc3ncc(C(F)(F)F)c(NC4CC4)n3)c2C1. The van der Waals surface area contributed by atoms with Crippen LogP contribution in [0.5, 0.6) is 0 Å². The van der Waals surface area contributed by atoms with Gasteiger partial charge in [-0.3, -0.25) is 9.58 Å². The van der Waals surface area contributed by atoms with E-state index in [1.165, 1.54) is 0 Å². The molecule has 0 spiro atoms. The van der Waals surface area contributed by atoms with E-state index in [9.17, 15) is 13.2 Å². The van der Waals surface area contributed by atoms with Crippen molar-refractivity contribution in [1.29, 1.82) is 0 Å². The van der Waals surface area contributed by atoms with E-state index in [1.807, 2.05) is 11.7 Å². The van der Waals surface area contributed by atoms with E-state index in [1.54, 1.807) is 6.20 Å². The minimum atomic E-state index is -4.49. The Labute approximate surface area is 142 Å². The standard InChI is InChI=1S/C15H18F3N7/c1-24-4-5-25-12(8-24)11(7-20-25)22-14-19-6-10(15(16,17)18)13(23-14)21-9-2-3-9/h6-7,9H,2-5,8H2,1H3,(H2,19,21,22,23). The normalized spacial score (nSPS) is 18.1. The van der Waals surface area contributed by atoms with E-state index in [4.69, 9.17) is 0 Å². The van der Waals surface area contributed by atoms with Crippen LogP contribution in [0.15, 0.2) is 12.4 Å². The van der Waals surface area contributed by atoms with Gasteiger partial charge in [-0.15, -0.1) is 0 Å². The van der Waals surface area contributed by atoms with Crippen molar-refractivity contribution in [1.82, 2.24) is 24.6 Å². The molecule has 2 N–H and O–H groups in total. The van der Waals surface area contributed by atoms with Crippen LogP contribution < -0.4 is 10.6 Å². The summed E-state index contributed by atoms with van der Waals surface area (Å²) in [6, 6.07) is 0.0569. The second-order valence-corrected chi connectivity index (χ2v) is 6.46. The molecule has 2 aromatic heterocycles. The van der Waals surface area contributed by atoms with Crippen LogP contribution in [0.25, 0.3) is 0 Å². The Balaban J connectivity index is 1.62. The predicted molar refractivity (Wildman–Crippen MR) is 85.5 cm³/mol. The van der Waals surface area contributed by atoms with Gasteiger partial charge in [-0.25, -0.2) is 4.98 Å². The molecule has 7 nitrogen and oxygen atoms in total. The highest BCUT2D eigenvalue weighted by Gasteiger charge is 2.37. The number of nitrogens with zero attached hydrogens (tertiary/aromatic N) is 5. The third kappa shape index (κ3) is 3.39. The molecule has 25 heavy (non-hydrogen) atoms. The first kappa shape index (κ1) is 16.1. The van der Waals surface area contributed by atoms with E-state index >= 15 is 0 Å². The minimum Gasteiger partial charge on any atom is -0.367 e. The van der Waals surface area contributed by atoms with Gasteiger partial charge in [0.25, 0.3) is 0 Å². The zero-order chi connectivity index (χ0) is 17.6. The number of hydrogen-bond donors (Lipinski definition) is 2. The van der Waals surface area contributed by atoms with Crippen LogP contribution in [-0.4, -0.2) is 44.3 Å². The van der Waals surface area contributed by atoms with Crippen molar-refractivity contribution in [2.45, 2.75) is 38.1 Å². The van der Waals surface area contributed by atoms with Crippen LogP contribution in [0.1, 0.15) is 24.1 Å². The lowest BCUT2D eigenvalue weighted by Crippen LogP contribution is -2.30. The Morgan fingerprint density at radius 3 is 2.72 bits per heavy atom. The molecule has 0 bridgehead atoms. The number of halogens is 3. The summed E-state index contributed by atoms with van der Waals surface area (Å²) >= 11 is 0. The Hall–Kier alpha value is -2.36. The van der Waals surface area contributed by atoms with Gasteiger partial charge < -0.3 is 10.6 Å². The Morgan fingerprint density at radius 1 is 1.20 bits per heavy atom. The molecule has 4 rings (SSSR count). The maximum absolute atomic E-state index is 13.1. The van der Waals surface area contributed by atoms with Crippen molar-refractivity contribution >= 4 is 17.5 Å². The Bertz CT molecular complexity index is 782. The fourth-order valence-corrected chi connectivity index (χ4v) is 2.78. The maximum atomic E-state index is 13.1. The smallest absolute Gasteiger partial charge is 0.367 e. The topological polar surface area (TPSA) is 70.9 Å². The minimum absolute atomic E-state index is 0.0569. The molecule has 1 aliphatic carbocycles. The number of alkyl halides is 3. The third-order valence-electron chi connectivity index (χ3n) is 4.32. The number of rotatable bonds is 4. The zero-order valence-corrected chi connectivity index (χ0v) is 13.6. The van der Waals surface area contributed by atoms with E-state index in [0.717, 1.165) is 37.8 Å². The summed E-state index contributed by atoms with van der Waals surface area (Å²) in [6.07, 6.45) is -0.304. The average Bonchev–Trinajstić information content (AvgIpc) is 3.27. The Morgan fingerprint density at radius 2 is 2.00 bits per heavy atom. The van der Waals surface area contributed by atoms with Gasteiger partial charge in [0.05, 0.1) is 24.1 Å². The van der Waals surface area contributed by atoms with Gasteiger partial charge in [0, 0.05) is 25.3 Å². The van der Waals surface area contributed by atoms with E-state index in [0.29, 0.717) is 12.2 Å². The molecular formula is C15H18F3N7. The summed E-state index contributed by atoms with van der Waals surface area (Å²) in [5, 5.41) is 10.1. The number of fused-ring (bicyclic) bond motifs is 1. The molecule has 0 unspecified atom stereocenters. The van der Waals surface area contributed by atoms with Gasteiger partial charge >= 0.3 is 6.18 Å². The molecule has 1 saturated carbocycles. The second-order valence-electron chi connectivity index (χ2n) is 6.46. The lowest BCUT2D eigenvalue weighted by molar-refractivity contribution is -0.137. The summed E-state index contributed by atoms with van der Waals surface area (Å²) in [5.41, 5.74) is 0.833. The van der Waals surface area contributed by atoms with Crippen LogP contribution in [0.2, 0.25) is 0 Å². The molecule has 10 heteroatoms. The van der Waals surface area contributed by atoms with E-state index in [2.05, 4.69) is 30.6 Å². The van der Waals surface area contributed by atoms with Gasteiger partial charge in [0.1, 0.15) is 11.4 Å². The third-order valence-corrected chi connectivity index (χ3v) is 4.32. The van der Waals surface area contributed by atoms with Gasteiger partial charge in [-0.05, 0) is 19.9 Å². The molecule has 2 aromatic rings. The van der Waals surface area contributed by atoms with Crippen molar-refractivity contribution in [3.63, 3.8) is 0 Å². The predicted octanol–water partition coefficient (Wildman–Crippen LogP) is 2.46. The molecule has 1 aliphatic heterocycles. The molecule has 0 radical (unpaired) electrons. The number of aromatic nitrogens is 4. The quantitative estimate of drug-likeness (QED) is 0.880. The highest BCUT2D eigenvalue weighted by atomic mass is 19.4. The van der Waals surface area contributed by atoms with E-state index in [-0.39, 0.29) is 17.8 Å². The summed E-state index contributed by atoms with van der Waals surface area (Å²) in [4.78, 5) is 10.1. The summed E-state index contributed by atoms with van der Waals surface area (Å²) in [7, 11) is 2.01. The van der Waals surface area contributed by atoms with Crippen molar-refractivity contribution in [3.8, 4) is 0 Å². The molecule has 0 aromatic carbocycles. The second kappa shape index (κ2) is 5.87. The van der Waals surface area contributed by atoms with Crippen LogP contribution in [0.3, 0.4) is 0 Å². The number of hydrogen-bond acceptors (Lipinski definition) is 6. The molecule has 2 aliphatic rings. The fourth-order valence-electron chi connectivity index (χ4n) is 2.78. The first-order chi connectivity index (χ1) is 11.9. The highest BCUT2D eigenvalue weighted by molar-refractivity contribution is 5.58. The largest absolute Gasteiger partial charge is 0.421 e. The number of nitrogens with one attached hydrogen (secondary N) is 2. The first-order valence-electron chi connectivity index (χ1n) is 8.11. The van der Waals surface area contributed by atoms with E-state index < -0.39 is 11.7 Å². The van der Waals surface area contributed by atoms with Crippen LogP contribution in [0.4, 0.5) is 30.6 Å². The van der Waals surface area contributed by atoms with Gasteiger partial charge in [0.2, 0.25) is 5.95 Å². The van der Waals surface area contributed by atoms with Gasteiger partial charge in [-0.2, -0.15) is 23.3 Å². The number of likely N-dealkylation sites (N-methyl/N-ethyl adjacent to an activating group) is 1. The lowest BCUT2D eigenvalue weighted by Gasteiger charge is -2.24. The summed E-state index contributed by atoms with van der Waals surface area (Å²) in [6.45, 7) is 2.38. The monoisotopic (exact) mass is 353 g/mol. The fraction of sp³-hybridized carbons (Fsp3) is 0.533. The molecular weight excluding hydrogens is 335 g/mol. The molecule has 1 fully saturated rings. The summed E-state index contributed by atoms with van der Waals surface area (Å²) < 4.78 is 41.3. The zero-order valence-electron chi connectivity index (χ0n) is 13.6. The molecule has 0 saturated heterocycles. The van der Waals surface area contributed by atoms with Crippen molar-refractivity contribution < 1.29 is 13.2 Å². The molecule has 0 amide bonds. The van der Waals surface area contributed by atoms with Crippen molar-refractivity contribution in [3.05, 3.63) is 23.7 Å². The van der Waals surface area contributed by atoms with Gasteiger partial charge in [0.15, 0.2) is 0 Å². The van der Waals surface area contributed by atoms with Gasteiger partial charge in [-0.1, -0.05) is 0 Å². The van der Waals surface area contributed by atoms with Crippen molar-refractivity contribution in [2.24, 2.45) is 0 Å². The molecule has 134 valence electrons. The highest BCUT2D eigenvalue weighted by Crippen LogP contribution is 2.36.